The first-order chi connectivity index (χ1) is 15.4. The summed E-state index contributed by atoms with van der Waals surface area (Å²) in [5, 5.41) is 3.05. The summed E-state index contributed by atoms with van der Waals surface area (Å²) in [6.07, 6.45) is 14.8. The highest BCUT2D eigenvalue weighted by Gasteiger charge is 2.38. The minimum Gasteiger partial charge on any atom is -0.364 e. The second kappa shape index (κ2) is 8.34. The van der Waals surface area contributed by atoms with Gasteiger partial charge in [-0.25, -0.2) is 0 Å². The fourth-order valence-electron chi connectivity index (χ4n) is 6.72. The van der Waals surface area contributed by atoms with E-state index in [1.807, 2.05) is 0 Å². The van der Waals surface area contributed by atoms with Crippen LogP contribution in [0.5, 0.6) is 0 Å². The first-order valence-electron chi connectivity index (χ1n) is 12.8. The third-order valence-electron chi connectivity index (χ3n) is 8.25. The van der Waals surface area contributed by atoms with Gasteiger partial charge in [-0.05, 0) is 77.1 Å². The number of anilines is 1. The van der Waals surface area contributed by atoms with Crippen LogP contribution in [0.15, 0.2) is 54.6 Å². The van der Waals surface area contributed by atoms with Gasteiger partial charge in [0.05, 0.1) is 6.04 Å². The third kappa shape index (κ3) is 3.47. The molecular formula is C30H35N. The monoisotopic (exact) mass is 409 g/mol. The van der Waals surface area contributed by atoms with Gasteiger partial charge in [0.15, 0.2) is 0 Å². The van der Waals surface area contributed by atoms with Gasteiger partial charge in [0.1, 0.15) is 0 Å². The minimum atomic E-state index is 0.553. The van der Waals surface area contributed by atoms with E-state index in [0.717, 1.165) is 0 Å². The summed E-state index contributed by atoms with van der Waals surface area (Å²) in [7, 11) is 0. The Morgan fingerprint density at radius 2 is 1.39 bits per heavy atom. The van der Waals surface area contributed by atoms with E-state index in [-0.39, 0.29) is 0 Å². The average molecular weight is 410 g/mol. The summed E-state index contributed by atoms with van der Waals surface area (Å²) in [6, 6.07) is 21.8. The summed E-state index contributed by atoms with van der Waals surface area (Å²) in [5.41, 5.74) is 8.00. The molecule has 1 aliphatic carbocycles. The maximum atomic E-state index is 2.79. The van der Waals surface area contributed by atoms with Crippen molar-refractivity contribution in [2.24, 2.45) is 0 Å². The first kappa shape index (κ1) is 19.4. The molecule has 0 radical (unpaired) electrons. The highest BCUT2D eigenvalue weighted by Crippen LogP contribution is 2.52. The van der Waals surface area contributed by atoms with E-state index < -0.39 is 0 Å². The van der Waals surface area contributed by atoms with Crippen LogP contribution in [0.3, 0.4) is 0 Å². The van der Waals surface area contributed by atoms with Crippen LogP contribution in [-0.4, -0.2) is 6.54 Å². The third-order valence-corrected chi connectivity index (χ3v) is 8.25. The second-order valence-corrected chi connectivity index (χ2v) is 10.1. The van der Waals surface area contributed by atoms with E-state index in [1.165, 1.54) is 93.6 Å². The number of hydrogen-bond donors (Lipinski definition) is 0. The topological polar surface area (TPSA) is 3.24 Å². The molecule has 0 spiro atoms. The molecule has 1 nitrogen and oxygen atoms in total. The molecule has 3 aliphatic rings. The number of aryl methyl sites for hydroxylation is 1. The molecule has 2 atom stereocenters. The molecule has 3 aromatic carbocycles. The molecule has 160 valence electrons. The lowest BCUT2D eigenvalue weighted by atomic mass is 9.71. The van der Waals surface area contributed by atoms with Crippen molar-refractivity contribution in [3.05, 3.63) is 76.9 Å². The standard InChI is InChI=1S/C30H35N/c1-2-4-6-12-18-31-29-17-11-10-15-25(29)23-20-27-26-16-9-8-14-24(26)22(13-7-5-3-1)19-28(27)30(31)21-23/h8-11,14-17,19,23,30H,1-7,12-13,18,20-21H2. The Labute approximate surface area is 187 Å². The van der Waals surface area contributed by atoms with Crippen LogP contribution in [0.4, 0.5) is 5.69 Å². The summed E-state index contributed by atoms with van der Waals surface area (Å²) in [4.78, 5) is 2.79. The molecule has 3 aromatic rings. The predicted octanol–water partition coefficient (Wildman–Crippen LogP) is 8.11. The molecule has 2 heterocycles. The Kier molecular flexibility index (Phi) is 5.22. The molecule has 0 saturated heterocycles. The van der Waals surface area contributed by atoms with Gasteiger partial charge in [-0.2, -0.15) is 0 Å². The fraction of sp³-hybridized carbons (Fsp3) is 0.467. The molecule has 0 N–H and O–H groups in total. The van der Waals surface area contributed by atoms with Crippen molar-refractivity contribution in [1.82, 2.24) is 0 Å². The Bertz CT molecular complexity index is 1080. The molecule has 2 aliphatic heterocycles. The quantitative estimate of drug-likeness (QED) is 0.362. The maximum absolute atomic E-state index is 2.79. The van der Waals surface area contributed by atoms with Crippen LogP contribution in [0.2, 0.25) is 0 Å². The lowest BCUT2D eigenvalue weighted by Crippen LogP contribution is -2.39. The molecular weight excluding hydrogens is 374 g/mol. The smallest absolute Gasteiger partial charge is 0.0551 e. The van der Waals surface area contributed by atoms with Gasteiger partial charge in [0, 0.05) is 12.2 Å². The minimum absolute atomic E-state index is 0.553. The summed E-state index contributed by atoms with van der Waals surface area (Å²) >= 11 is 0. The van der Waals surface area contributed by atoms with Crippen LogP contribution < -0.4 is 4.90 Å². The van der Waals surface area contributed by atoms with Crippen molar-refractivity contribution < 1.29 is 0 Å². The summed E-state index contributed by atoms with van der Waals surface area (Å²) in [5.74, 6) is 0.668. The van der Waals surface area contributed by atoms with Gasteiger partial charge < -0.3 is 4.90 Å². The average Bonchev–Trinajstić information content (AvgIpc) is 2.82. The molecule has 0 saturated carbocycles. The highest BCUT2D eigenvalue weighted by molar-refractivity contribution is 5.91. The normalized spacial score (nSPS) is 23.8. The number of benzene rings is 3. The molecule has 6 rings (SSSR count). The molecule has 1 heteroatoms. The zero-order valence-electron chi connectivity index (χ0n) is 18.8. The van der Waals surface area contributed by atoms with Crippen LogP contribution >= 0.6 is 0 Å². The van der Waals surface area contributed by atoms with Gasteiger partial charge in [-0.15, -0.1) is 0 Å². The second-order valence-electron chi connectivity index (χ2n) is 10.1. The zero-order chi connectivity index (χ0) is 20.6. The van der Waals surface area contributed by atoms with Crippen LogP contribution in [-0.2, 0) is 12.8 Å². The van der Waals surface area contributed by atoms with E-state index >= 15 is 0 Å². The van der Waals surface area contributed by atoms with Gasteiger partial charge in [-0.1, -0.05) is 87.1 Å². The van der Waals surface area contributed by atoms with Crippen molar-refractivity contribution in [1.29, 1.82) is 0 Å². The molecule has 0 fully saturated rings. The number of fused-ring (bicyclic) bond motifs is 8. The van der Waals surface area contributed by atoms with Crippen molar-refractivity contribution in [2.45, 2.75) is 82.6 Å². The maximum Gasteiger partial charge on any atom is 0.0551 e. The van der Waals surface area contributed by atoms with Crippen molar-refractivity contribution in [2.75, 3.05) is 11.4 Å². The van der Waals surface area contributed by atoms with Gasteiger partial charge in [0.25, 0.3) is 0 Å². The van der Waals surface area contributed by atoms with Crippen LogP contribution in [0.1, 0.15) is 92.0 Å². The Balaban J connectivity index is 1.51. The van der Waals surface area contributed by atoms with E-state index in [9.17, 15) is 0 Å². The highest BCUT2D eigenvalue weighted by atomic mass is 15.2. The first-order valence-corrected chi connectivity index (χ1v) is 12.8. The van der Waals surface area contributed by atoms with E-state index in [0.29, 0.717) is 12.0 Å². The van der Waals surface area contributed by atoms with Crippen molar-refractivity contribution in [3.8, 4) is 0 Å². The van der Waals surface area contributed by atoms with Crippen molar-refractivity contribution in [3.63, 3.8) is 0 Å². The molecule has 31 heavy (non-hydrogen) atoms. The summed E-state index contributed by atoms with van der Waals surface area (Å²) in [6.45, 7) is 1.20. The molecule has 0 aromatic heterocycles. The fourth-order valence-corrected chi connectivity index (χ4v) is 6.72. The number of hydrogen-bond acceptors (Lipinski definition) is 1. The molecule has 2 unspecified atom stereocenters. The number of nitrogens with zero attached hydrogens (tertiary/aromatic N) is 1. The number of rotatable bonds is 0. The summed E-state index contributed by atoms with van der Waals surface area (Å²) < 4.78 is 0. The largest absolute Gasteiger partial charge is 0.364 e. The SMILES string of the molecule is c1ccc2c(c1)C1Cc3c4cc(c5ccccc35)CCCCCCCCCCN2C4C1. The van der Waals surface area contributed by atoms with Gasteiger partial charge in [-0.3, -0.25) is 0 Å². The van der Waals surface area contributed by atoms with Crippen molar-refractivity contribution >= 4 is 16.5 Å². The Morgan fingerprint density at radius 1 is 0.677 bits per heavy atom. The van der Waals surface area contributed by atoms with Gasteiger partial charge >= 0.3 is 0 Å². The zero-order valence-corrected chi connectivity index (χ0v) is 18.8. The van der Waals surface area contributed by atoms with E-state index in [2.05, 4.69) is 59.5 Å². The lowest BCUT2D eigenvalue weighted by molar-refractivity contribution is 0.439. The van der Waals surface area contributed by atoms with E-state index in [1.54, 1.807) is 22.3 Å². The molecule has 0 amide bonds. The van der Waals surface area contributed by atoms with E-state index in [4.69, 9.17) is 0 Å². The van der Waals surface area contributed by atoms with Crippen LogP contribution in [0, 0.1) is 0 Å². The van der Waals surface area contributed by atoms with Crippen LogP contribution in [0.25, 0.3) is 10.8 Å². The lowest BCUT2D eigenvalue weighted by Gasteiger charge is -2.47. The number of para-hydroxylation sites is 1. The molecule has 4 bridgehead atoms. The van der Waals surface area contributed by atoms with Gasteiger partial charge in [0.2, 0.25) is 0 Å². The Morgan fingerprint density at radius 3 is 2.26 bits per heavy atom. The predicted molar refractivity (Wildman–Crippen MR) is 132 cm³/mol. The Hall–Kier alpha value is -2.28.